The summed E-state index contributed by atoms with van der Waals surface area (Å²) in [5.74, 6) is 1.60. The molecule has 3 heterocycles. The molecule has 2 aromatic heterocycles. The maximum absolute atomic E-state index is 6.05. The highest BCUT2D eigenvalue weighted by Crippen LogP contribution is 2.31. The zero-order chi connectivity index (χ0) is 18.9. The molecule has 0 aliphatic carbocycles. The zero-order valence-corrected chi connectivity index (χ0v) is 16.0. The van der Waals surface area contributed by atoms with E-state index >= 15 is 0 Å². The Morgan fingerprint density at radius 1 is 1.22 bits per heavy atom. The van der Waals surface area contributed by atoms with Gasteiger partial charge in [-0.15, -0.1) is 0 Å². The van der Waals surface area contributed by atoms with Gasteiger partial charge in [-0.05, 0) is 35.7 Å². The molecule has 4 rings (SSSR count). The van der Waals surface area contributed by atoms with E-state index in [9.17, 15) is 0 Å². The van der Waals surface area contributed by atoms with Crippen LogP contribution in [0.5, 0.6) is 5.75 Å². The number of halogens is 1. The summed E-state index contributed by atoms with van der Waals surface area (Å²) >= 11 is 6.05. The third-order valence-electron chi connectivity index (χ3n) is 4.60. The minimum atomic E-state index is 0.118. The summed E-state index contributed by atoms with van der Waals surface area (Å²) in [6, 6.07) is 9.89. The van der Waals surface area contributed by atoms with E-state index in [0.717, 1.165) is 46.9 Å². The molecular weight excluding hydrogens is 364 g/mol. The summed E-state index contributed by atoms with van der Waals surface area (Å²) in [6.45, 7) is 4.33. The van der Waals surface area contributed by atoms with Crippen LogP contribution < -0.4 is 15.4 Å². The number of benzene rings is 1. The fourth-order valence-corrected chi connectivity index (χ4v) is 3.16. The molecule has 1 saturated heterocycles. The van der Waals surface area contributed by atoms with Gasteiger partial charge in [0.1, 0.15) is 11.6 Å². The van der Waals surface area contributed by atoms with Gasteiger partial charge in [-0.25, -0.2) is 9.97 Å². The van der Waals surface area contributed by atoms with Crippen LogP contribution in [0.1, 0.15) is 6.92 Å². The van der Waals surface area contributed by atoms with E-state index < -0.39 is 0 Å². The van der Waals surface area contributed by atoms with E-state index in [2.05, 4.69) is 27.5 Å². The number of pyridine rings is 2. The topological polar surface area (TPSA) is 68.3 Å². The van der Waals surface area contributed by atoms with Crippen molar-refractivity contribution in [3.63, 3.8) is 0 Å². The molecular formula is C20H21ClN4O2. The zero-order valence-electron chi connectivity index (χ0n) is 15.3. The first-order chi connectivity index (χ1) is 13.1. The Kier molecular flexibility index (Phi) is 4.76. The van der Waals surface area contributed by atoms with Gasteiger partial charge in [0, 0.05) is 24.0 Å². The summed E-state index contributed by atoms with van der Waals surface area (Å²) in [4.78, 5) is 8.65. The molecule has 3 aromatic rings. The number of anilines is 3. The van der Waals surface area contributed by atoms with Crippen LogP contribution in [0.4, 0.5) is 17.2 Å². The van der Waals surface area contributed by atoms with Gasteiger partial charge in [-0.3, -0.25) is 0 Å². The Bertz CT molecular complexity index is 975. The van der Waals surface area contributed by atoms with Gasteiger partial charge >= 0.3 is 0 Å². The monoisotopic (exact) mass is 384 g/mol. The lowest BCUT2D eigenvalue weighted by Crippen LogP contribution is -2.44. The van der Waals surface area contributed by atoms with E-state index in [1.807, 2.05) is 30.3 Å². The van der Waals surface area contributed by atoms with Crippen molar-refractivity contribution in [2.45, 2.75) is 6.92 Å². The Balaban J connectivity index is 1.56. The first-order valence-electron chi connectivity index (χ1n) is 8.76. The number of nitrogens with one attached hydrogen (secondary N) is 2. The van der Waals surface area contributed by atoms with Crippen molar-refractivity contribution < 1.29 is 9.47 Å². The van der Waals surface area contributed by atoms with E-state index in [-0.39, 0.29) is 5.41 Å². The molecule has 7 heteroatoms. The van der Waals surface area contributed by atoms with E-state index in [1.54, 1.807) is 19.4 Å². The second-order valence-corrected chi connectivity index (χ2v) is 7.43. The average molecular weight is 385 g/mol. The predicted octanol–water partition coefficient (Wildman–Crippen LogP) is 4.48. The maximum atomic E-state index is 6.05. The molecule has 0 unspecified atom stereocenters. The van der Waals surface area contributed by atoms with E-state index in [0.29, 0.717) is 11.8 Å². The lowest BCUT2D eigenvalue weighted by molar-refractivity contribution is -0.120. The summed E-state index contributed by atoms with van der Waals surface area (Å²) in [6.07, 6.45) is 3.46. The highest BCUT2D eigenvalue weighted by Gasteiger charge is 2.34. The van der Waals surface area contributed by atoms with E-state index in [4.69, 9.17) is 21.1 Å². The first-order valence-corrected chi connectivity index (χ1v) is 9.14. The molecule has 1 aromatic carbocycles. The van der Waals surface area contributed by atoms with Crippen LogP contribution in [0, 0.1) is 5.41 Å². The molecule has 140 valence electrons. The van der Waals surface area contributed by atoms with E-state index in [1.165, 1.54) is 0 Å². The lowest BCUT2D eigenvalue weighted by Gasteiger charge is -2.37. The highest BCUT2D eigenvalue weighted by atomic mass is 35.5. The lowest BCUT2D eigenvalue weighted by atomic mass is 9.90. The quantitative estimate of drug-likeness (QED) is 0.610. The number of rotatable bonds is 6. The Hall–Kier alpha value is -2.57. The van der Waals surface area contributed by atoms with Gasteiger partial charge in [0.15, 0.2) is 5.15 Å². The van der Waals surface area contributed by atoms with Crippen molar-refractivity contribution in [1.82, 2.24) is 9.97 Å². The standard InChI is InChI=1S/C20H21ClN4O2/c1-20(10-26-11-20)12-27-15-3-4-16-13(7-15)5-6-23-19(16)25-14-8-17(22-2)18(21)24-9-14/h3-9,22H,10-12H2,1-2H3,(H,23,25). The van der Waals surface area contributed by atoms with Crippen LogP contribution >= 0.6 is 11.6 Å². The first kappa shape index (κ1) is 17.8. The fraction of sp³-hybridized carbons (Fsp3) is 0.300. The van der Waals surface area contributed by atoms with Crippen molar-refractivity contribution in [2.24, 2.45) is 5.41 Å². The summed E-state index contributed by atoms with van der Waals surface area (Å²) in [5.41, 5.74) is 1.68. The molecule has 0 saturated carbocycles. The number of fused-ring (bicyclic) bond motifs is 1. The molecule has 1 fully saturated rings. The SMILES string of the molecule is CNc1cc(Nc2nccc3cc(OCC4(C)COC4)ccc23)cnc1Cl. The largest absolute Gasteiger partial charge is 0.493 e. The van der Waals surface area contributed by atoms with Crippen molar-refractivity contribution in [2.75, 3.05) is 37.5 Å². The number of hydrogen-bond donors (Lipinski definition) is 2. The fourth-order valence-electron chi connectivity index (χ4n) is 2.97. The predicted molar refractivity (Wildman–Crippen MR) is 108 cm³/mol. The maximum Gasteiger partial charge on any atom is 0.152 e. The second kappa shape index (κ2) is 7.21. The molecule has 0 bridgehead atoms. The molecule has 0 spiro atoms. The van der Waals surface area contributed by atoms with Crippen molar-refractivity contribution in [3.05, 3.63) is 47.9 Å². The summed E-state index contributed by atoms with van der Waals surface area (Å²) < 4.78 is 11.2. The van der Waals surface area contributed by atoms with Gasteiger partial charge in [-0.2, -0.15) is 0 Å². The van der Waals surface area contributed by atoms with Gasteiger partial charge < -0.3 is 20.1 Å². The third kappa shape index (κ3) is 3.77. The van der Waals surface area contributed by atoms with Crippen LogP contribution in [0.2, 0.25) is 5.15 Å². The molecule has 27 heavy (non-hydrogen) atoms. The van der Waals surface area contributed by atoms with Crippen molar-refractivity contribution in [3.8, 4) is 5.75 Å². The number of aromatic nitrogens is 2. The van der Waals surface area contributed by atoms with Crippen LogP contribution in [-0.4, -0.2) is 36.8 Å². The van der Waals surface area contributed by atoms with Gasteiger partial charge in [-0.1, -0.05) is 18.5 Å². The van der Waals surface area contributed by atoms with Crippen LogP contribution in [0.25, 0.3) is 10.8 Å². The molecule has 1 aliphatic heterocycles. The van der Waals surface area contributed by atoms with Gasteiger partial charge in [0.05, 0.1) is 37.4 Å². The second-order valence-electron chi connectivity index (χ2n) is 7.07. The van der Waals surface area contributed by atoms with Crippen molar-refractivity contribution >= 4 is 39.6 Å². The highest BCUT2D eigenvalue weighted by molar-refractivity contribution is 6.32. The molecule has 1 aliphatic rings. The molecule has 6 nitrogen and oxygen atoms in total. The van der Waals surface area contributed by atoms with Gasteiger partial charge in [0.25, 0.3) is 0 Å². The summed E-state index contributed by atoms with van der Waals surface area (Å²) in [7, 11) is 1.81. The van der Waals surface area contributed by atoms with Crippen LogP contribution in [0.3, 0.4) is 0 Å². The Morgan fingerprint density at radius 2 is 2.07 bits per heavy atom. The minimum Gasteiger partial charge on any atom is -0.493 e. The molecule has 0 radical (unpaired) electrons. The molecule has 0 amide bonds. The van der Waals surface area contributed by atoms with Crippen molar-refractivity contribution in [1.29, 1.82) is 0 Å². The average Bonchev–Trinajstić information content (AvgIpc) is 2.66. The Morgan fingerprint density at radius 3 is 2.81 bits per heavy atom. The van der Waals surface area contributed by atoms with Crippen LogP contribution in [-0.2, 0) is 4.74 Å². The molecule has 0 atom stereocenters. The number of nitrogens with zero attached hydrogens (tertiary/aromatic N) is 2. The Labute approximate surface area is 162 Å². The number of hydrogen-bond acceptors (Lipinski definition) is 6. The normalized spacial score (nSPS) is 15.2. The van der Waals surface area contributed by atoms with Gasteiger partial charge in [0.2, 0.25) is 0 Å². The smallest absolute Gasteiger partial charge is 0.152 e. The molecule has 2 N–H and O–H groups in total. The number of ether oxygens (including phenoxy) is 2. The summed E-state index contributed by atoms with van der Waals surface area (Å²) in [5, 5.41) is 8.82. The third-order valence-corrected chi connectivity index (χ3v) is 4.90. The van der Waals surface area contributed by atoms with Crippen LogP contribution in [0.15, 0.2) is 42.7 Å². The minimum absolute atomic E-state index is 0.118.